The number of halogens is 3. The summed E-state index contributed by atoms with van der Waals surface area (Å²) < 4.78 is 12.8. The highest BCUT2D eigenvalue weighted by molar-refractivity contribution is 6.52. The Morgan fingerprint density at radius 3 is 2.27 bits per heavy atom. The van der Waals surface area contributed by atoms with E-state index in [1.807, 2.05) is 19.1 Å². The van der Waals surface area contributed by atoms with E-state index in [1.54, 1.807) is 24.3 Å². The number of alkyl halides is 2. The molecule has 0 unspecified atom stereocenters. The van der Waals surface area contributed by atoms with Crippen LogP contribution in [0.25, 0.3) is 0 Å². The highest BCUT2D eigenvalue weighted by atomic mass is 35.5. The topological polar surface area (TPSA) is 29.1 Å². The molecule has 0 bridgehead atoms. The van der Waals surface area contributed by atoms with E-state index in [4.69, 9.17) is 23.2 Å². The molecular weight excluding hydrogens is 324 g/mol. The van der Waals surface area contributed by atoms with Crippen LogP contribution in [0.2, 0.25) is 0 Å². The number of hydrogen-bond acceptors (Lipinski definition) is 1. The van der Waals surface area contributed by atoms with Gasteiger partial charge in [0, 0.05) is 11.1 Å². The Morgan fingerprint density at radius 2 is 1.73 bits per heavy atom. The molecule has 3 rings (SSSR count). The first-order valence-electron chi connectivity index (χ1n) is 6.88. The predicted molar refractivity (Wildman–Crippen MR) is 87.2 cm³/mol. The Balaban J connectivity index is 1.75. The van der Waals surface area contributed by atoms with Gasteiger partial charge in [0.15, 0.2) is 0 Å². The molecular formula is C17H14Cl2FNO. The highest BCUT2D eigenvalue weighted by Gasteiger charge is 2.63. The molecule has 1 fully saturated rings. The molecule has 1 saturated carbocycles. The van der Waals surface area contributed by atoms with E-state index >= 15 is 0 Å². The summed E-state index contributed by atoms with van der Waals surface area (Å²) in [5.41, 5.74) is 1.36. The van der Waals surface area contributed by atoms with Crippen LogP contribution in [-0.4, -0.2) is 10.2 Å². The van der Waals surface area contributed by atoms with Crippen molar-refractivity contribution in [1.29, 1.82) is 0 Å². The lowest BCUT2D eigenvalue weighted by Gasteiger charge is -2.13. The van der Waals surface area contributed by atoms with Gasteiger partial charge in [-0.3, -0.25) is 4.79 Å². The van der Waals surface area contributed by atoms with E-state index in [9.17, 15) is 9.18 Å². The van der Waals surface area contributed by atoms with Crippen molar-refractivity contribution >= 4 is 34.8 Å². The molecule has 0 aliphatic heterocycles. The van der Waals surface area contributed by atoms with Crippen molar-refractivity contribution in [2.75, 3.05) is 5.32 Å². The zero-order valence-corrected chi connectivity index (χ0v) is 13.4. The smallest absolute Gasteiger partial charge is 0.258 e. The molecule has 1 aliphatic carbocycles. The lowest BCUT2D eigenvalue weighted by molar-refractivity contribution is 0.102. The lowest BCUT2D eigenvalue weighted by atomic mass is 9.98. The molecule has 1 aliphatic rings. The highest BCUT2D eigenvalue weighted by Crippen LogP contribution is 2.64. The van der Waals surface area contributed by atoms with Crippen molar-refractivity contribution in [1.82, 2.24) is 0 Å². The fourth-order valence-electron chi connectivity index (χ4n) is 2.48. The summed E-state index contributed by atoms with van der Waals surface area (Å²) >= 11 is 12.3. The van der Waals surface area contributed by atoms with Gasteiger partial charge in [-0.2, -0.15) is 0 Å². The fraction of sp³-hybridized carbons (Fsp3) is 0.235. The minimum absolute atomic E-state index is 0.0151. The number of benzene rings is 2. The second-order valence-corrected chi connectivity index (χ2v) is 7.21. The Bertz CT molecular complexity index is 730. The summed E-state index contributed by atoms with van der Waals surface area (Å²) in [5, 5.41) is 2.67. The minimum atomic E-state index is -0.731. The monoisotopic (exact) mass is 337 g/mol. The minimum Gasteiger partial charge on any atom is -0.322 e. The molecule has 1 atom stereocenters. The third-order valence-corrected chi connectivity index (χ3v) is 5.26. The van der Waals surface area contributed by atoms with E-state index in [-0.39, 0.29) is 11.0 Å². The van der Waals surface area contributed by atoms with Crippen molar-refractivity contribution in [2.45, 2.75) is 23.1 Å². The Kier molecular flexibility index (Phi) is 3.66. The molecule has 2 aromatic rings. The Hall–Kier alpha value is -1.58. The molecule has 0 saturated heterocycles. The van der Waals surface area contributed by atoms with E-state index < -0.39 is 16.1 Å². The largest absolute Gasteiger partial charge is 0.322 e. The molecule has 0 spiro atoms. The van der Waals surface area contributed by atoms with Crippen LogP contribution in [0.5, 0.6) is 0 Å². The van der Waals surface area contributed by atoms with E-state index in [1.165, 1.54) is 12.1 Å². The van der Waals surface area contributed by atoms with E-state index in [2.05, 4.69) is 5.32 Å². The number of nitrogens with one attached hydrogen (secondary N) is 1. The Morgan fingerprint density at radius 1 is 1.14 bits per heavy atom. The summed E-state index contributed by atoms with van der Waals surface area (Å²) in [6, 6.07) is 13.2. The van der Waals surface area contributed by atoms with Crippen LogP contribution in [0.15, 0.2) is 48.5 Å². The fourth-order valence-corrected chi connectivity index (χ4v) is 3.23. The second kappa shape index (κ2) is 5.25. The van der Waals surface area contributed by atoms with Crippen LogP contribution in [0.3, 0.4) is 0 Å². The molecule has 114 valence electrons. The SMILES string of the molecule is C[C@]1(c2ccc(NC(=O)c3ccccc3F)cc2)CC1(Cl)Cl. The first-order chi connectivity index (χ1) is 10.3. The van der Waals surface area contributed by atoms with Gasteiger partial charge >= 0.3 is 0 Å². The van der Waals surface area contributed by atoms with Gasteiger partial charge < -0.3 is 5.32 Å². The van der Waals surface area contributed by atoms with Gasteiger partial charge in [-0.05, 0) is 36.2 Å². The maximum absolute atomic E-state index is 13.6. The normalized spacial score (nSPS) is 22.2. The number of rotatable bonds is 3. The third kappa shape index (κ3) is 2.59. The predicted octanol–water partition coefficient (Wildman–Crippen LogP) is 4.91. The first kappa shape index (κ1) is 15.3. The van der Waals surface area contributed by atoms with Crippen molar-refractivity contribution in [3.8, 4) is 0 Å². The van der Waals surface area contributed by atoms with Crippen LogP contribution in [0.1, 0.15) is 29.3 Å². The second-order valence-electron chi connectivity index (χ2n) is 5.72. The van der Waals surface area contributed by atoms with Crippen LogP contribution >= 0.6 is 23.2 Å². The summed E-state index contributed by atoms with van der Waals surface area (Å²) in [5.74, 6) is -1.02. The van der Waals surface area contributed by atoms with Gasteiger partial charge in [0.2, 0.25) is 0 Å². The van der Waals surface area contributed by atoms with Gasteiger partial charge in [-0.15, -0.1) is 23.2 Å². The quantitative estimate of drug-likeness (QED) is 0.792. The van der Waals surface area contributed by atoms with Crippen molar-refractivity contribution < 1.29 is 9.18 Å². The van der Waals surface area contributed by atoms with E-state index in [0.717, 1.165) is 5.56 Å². The Labute approximate surface area is 138 Å². The molecule has 1 amide bonds. The van der Waals surface area contributed by atoms with Crippen LogP contribution in [0.4, 0.5) is 10.1 Å². The molecule has 5 heteroatoms. The standard InChI is InChI=1S/C17H14Cl2FNO/c1-16(10-17(16,18)19)11-6-8-12(9-7-11)21-15(22)13-4-2-3-5-14(13)20/h2-9H,10H2,1H3,(H,21,22)/t16-/m1/s1. The molecule has 0 heterocycles. The molecule has 0 radical (unpaired) electrons. The van der Waals surface area contributed by atoms with Gasteiger partial charge in [-0.25, -0.2) is 4.39 Å². The van der Waals surface area contributed by atoms with Crippen molar-refractivity contribution in [3.05, 3.63) is 65.5 Å². The van der Waals surface area contributed by atoms with Crippen LogP contribution in [-0.2, 0) is 5.41 Å². The summed E-state index contributed by atoms with van der Waals surface area (Å²) in [6.07, 6.45) is 0.698. The molecule has 2 aromatic carbocycles. The number of carbonyl (C=O) groups excluding carboxylic acids is 1. The number of amides is 1. The lowest BCUT2D eigenvalue weighted by Crippen LogP contribution is -2.14. The molecule has 22 heavy (non-hydrogen) atoms. The zero-order chi connectivity index (χ0) is 16.0. The maximum Gasteiger partial charge on any atom is 0.258 e. The van der Waals surface area contributed by atoms with Crippen LogP contribution in [0, 0.1) is 5.82 Å². The molecule has 1 N–H and O–H groups in total. The zero-order valence-electron chi connectivity index (χ0n) is 11.9. The number of carbonyl (C=O) groups is 1. The van der Waals surface area contributed by atoms with Crippen molar-refractivity contribution in [3.63, 3.8) is 0 Å². The summed E-state index contributed by atoms with van der Waals surface area (Å²) in [7, 11) is 0. The molecule has 2 nitrogen and oxygen atoms in total. The van der Waals surface area contributed by atoms with E-state index in [0.29, 0.717) is 12.1 Å². The third-order valence-electron chi connectivity index (χ3n) is 4.16. The first-order valence-corrected chi connectivity index (χ1v) is 7.63. The maximum atomic E-state index is 13.6. The summed E-state index contributed by atoms with van der Waals surface area (Å²) in [4.78, 5) is 12.0. The van der Waals surface area contributed by atoms with Gasteiger partial charge in [0.25, 0.3) is 5.91 Å². The average Bonchev–Trinajstić information content (AvgIpc) is 3.00. The summed E-state index contributed by atoms with van der Waals surface area (Å²) in [6.45, 7) is 2.00. The van der Waals surface area contributed by atoms with Crippen LogP contribution < -0.4 is 5.32 Å². The van der Waals surface area contributed by atoms with Gasteiger partial charge in [0.1, 0.15) is 10.2 Å². The van der Waals surface area contributed by atoms with Gasteiger partial charge in [0.05, 0.1) is 5.56 Å². The molecule has 0 aromatic heterocycles. The number of anilines is 1. The average molecular weight is 338 g/mol. The van der Waals surface area contributed by atoms with Gasteiger partial charge in [-0.1, -0.05) is 31.2 Å². The number of hydrogen-bond donors (Lipinski definition) is 1. The van der Waals surface area contributed by atoms with Crippen molar-refractivity contribution in [2.24, 2.45) is 0 Å².